The number of hydrogen-bond acceptors (Lipinski definition) is 2. The fourth-order valence-electron chi connectivity index (χ4n) is 2.41. The molecule has 0 radical (unpaired) electrons. The molecule has 0 bridgehead atoms. The summed E-state index contributed by atoms with van der Waals surface area (Å²) < 4.78 is 36.0. The van der Waals surface area contributed by atoms with E-state index in [0.717, 1.165) is 18.5 Å². The molecule has 1 aliphatic rings. The molecule has 0 aromatic heterocycles. The van der Waals surface area contributed by atoms with E-state index < -0.39 is 12.6 Å². The second-order valence-electron chi connectivity index (χ2n) is 4.72. The monoisotopic (exact) mass is 258 g/mol. The minimum Gasteiger partial charge on any atom is -0.399 e. The van der Waals surface area contributed by atoms with Crippen LogP contribution in [0.1, 0.15) is 36.4 Å². The Bertz CT molecular complexity index is 415. The number of alkyl halides is 3. The Morgan fingerprint density at radius 1 is 1.33 bits per heavy atom. The summed E-state index contributed by atoms with van der Waals surface area (Å²) >= 11 is 0. The predicted molar refractivity (Wildman–Crippen MR) is 65.2 cm³/mol. The van der Waals surface area contributed by atoms with E-state index in [1.165, 1.54) is 11.1 Å². The van der Waals surface area contributed by atoms with Crippen LogP contribution in [0.15, 0.2) is 18.2 Å². The van der Waals surface area contributed by atoms with Crippen LogP contribution in [0.3, 0.4) is 0 Å². The quantitative estimate of drug-likeness (QED) is 0.643. The first-order chi connectivity index (χ1) is 8.46. The van der Waals surface area contributed by atoms with Crippen molar-refractivity contribution in [3.8, 4) is 0 Å². The Morgan fingerprint density at radius 2 is 2.11 bits per heavy atom. The number of hydrogen-bond donors (Lipinski definition) is 2. The summed E-state index contributed by atoms with van der Waals surface area (Å²) in [6.45, 7) is 0.397. The first kappa shape index (κ1) is 13.2. The Balaban J connectivity index is 1.83. The van der Waals surface area contributed by atoms with Crippen molar-refractivity contribution in [2.75, 3.05) is 12.3 Å². The minimum atomic E-state index is -4.05. The molecule has 0 aliphatic heterocycles. The third-order valence-corrected chi connectivity index (χ3v) is 3.27. The summed E-state index contributed by atoms with van der Waals surface area (Å²) in [5, 5.41) is 3.19. The van der Waals surface area contributed by atoms with Crippen LogP contribution >= 0.6 is 0 Å². The van der Waals surface area contributed by atoms with Gasteiger partial charge in [0, 0.05) is 18.2 Å². The number of nitrogen functional groups attached to an aromatic ring is 1. The van der Waals surface area contributed by atoms with Gasteiger partial charge >= 0.3 is 6.18 Å². The predicted octanol–water partition coefficient (Wildman–Crippen LogP) is 3.19. The second kappa shape index (κ2) is 5.18. The van der Waals surface area contributed by atoms with E-state index in [1.807, 2.05) is 18.2 Å². The zero-order valence-electron chi connectivity index (χ0n) is 10.1. The Labute approximate surface area is 104 Å². The van der Waals surface area contributed by atoms with Crippen LogP contribution in [0.2, 0.25) is 0 Å². The van der Waals surface area contributed by atoms with Gasteiger partial charge < -0.3 is 11.1 Å². The molecule has 1 atom stereocenters. The molecule has 18 heavy (non-hydrogen) atoms. The number of nitrogens with two attached hydrogens (primary N) is 1. The lowest BCUT2D eigenvalue weighted by Gasteiger charge is -2.14. The topological polar surface area (TPSA) is 38.0 Å². The summed E-state index contributed by atoms with van der Waals surface area (Å²) in [6, 6.07) is 5.94. The van der Waals surface area contributed by atoms with Crippen molar-refractivity contribution in [2.24, 2.45) is 0 Å². The molecular weight excluding hydrogens is 241 g/mol. The van der Waals surface area contributed by atoms with Crippen LogP contribution in [-0.4, -0.2) is 12.7 Å². The fraction of sp³-hybridized carbons (Fsp3) is 0.538. The van der Waals surface area contributed by atoms with Crippen LogP contribution < -0.4 is 11.1 Å². The van der Waals surface area contributed by atoms with Crippen LogP contribution in [0.25, 0.3) is 0 Å². The smallest absolute Gasteiger partial charge is 0.389 e. The highest BCUT2D eigenvalue weighted by molar-refractivity contribution is 5.47. The molecule has 0 heterocycles. The molecule has 1 aromatic rings. The minimum absolute atomic E-state index is 0.129. The van der Waals surface area contributed by atoms with Crippen molar-refractivity contribution >= 4 is 5.69 Å². The average molecular weight is 258 g/mol. The van der Waals surface area contributed by atoms with E-state index in [-0.39, 0.29) is 12.5 Å². The third kappa shape index (κ3) is 3.38. The van der Waals surface area contributed by atoms with Gasteiger partial charge in [0.25, 0.3) is 0 Å². The average Bonchev–Trinajstić information content (AvgIpc) is 2.65. The zero-order chi connectivity index (χ0) is 13.2. The zero-order valence-corrected chi connectivity index (χ0v) is 10.1. The van der Waals surface area contributed by atoms with Gasteiger partial charge in [-0.25, -0.2) is 0 Å². The number of rotatable bonds is 4. The fourth-order valence-corrected chi connectivity index (χ4v) is 2.41. The lowest BCUT2D eigenvalue weighted by atomic mass is 10.1. The standard InChI is InChI=1S/C13H17F3N2/c14-13(15,16)6-1-7-18-12-5-2-9-8-10(17)3-4-11(9)12/h3-4,8,12,18H,1-2,5-7,17H2. The molecule has 1 aliphatic carbocycles. The van der Waals surface area contributed by atoms with Crippen LogP contribution in [0.5, 0.6) is 0 Å². The molecule has 0 saturated heterocycles. The van der Waals surface area contributed by atoms with Gasteiger partial charge in [0.05, 0.1) is 0 Å². The molecule has 2 nitrogen and oxygen atoms in total. The first-order valence-corrected chi connectivity index (χ1v) is 6.14. The maximum absolute atomic E-state index is 12.0. The van der Waals surface area contributed by atoms with E-state index in [0.29, 0.717) is 6.54 Å². The van der Waals surface area contributed by atoms with Crippen molar-refractivity contribution in [3.63, 3.8) is 0 Å². The van der Waals surface area contributed by atoms with Gasteiger partial charge in [0.15, 0.2) is 0 Å². The van der Waals surface area contributed by atoms with Crippen LogP contribution in [-0.2, 0) is 6.42 Å². The van der Waals surface area contributed by atoms with E-state index in [1.54, 1.807) is 0 Å². The van der Waals surface area contributed by atoms with Gasteiger partial charge in [-0.3, -0.25) is 0 Å². The van der Waals surface area contributed by atoms with Crippen molar-refractivity contribution in [2.45, 2.75) is 37.9 Å². The number of anilines is 1. The summed E-state index contributed by atoms with van der Waals surface area (Å²) in [5.74, 6) is 0. The number of halogens is 3. The van der Waals surface area contributed by atoms with Crippen LogP contribution in [0, 0.1) is 0 Å². The number of nitrogens with one attached hydrogen (secondary N) is 1. The maximum atomic E-state index is 12.0. The number of aryl methyl sites for hydroxylation is 1. The van der Waals surface area contributed by atoms with Gasteiger partial charge in [0.2, 0.25) is 0 Å². The van der Waals surface area contributed by atoms with Gasteiger partial charge in [-0.15, -0.1) is 0 Å². The molecule has 0 fully saturated rings. The highest BCUT2D eigenvalue weighted by Crippen LogP contribution is 2.32. The van der Waals surface area contributed by atoms with E-state index in [2.05, 4.69) is 5.32 Å². The molecule has 0 saturated carbocycles. The molecule has 100 valence electrons. The second-order valence-corrected chi connectivity index (χ2v) is 4.72. The number of benzene rings is 1. The summed E-state index contributed by atoms with van der Waals surface area (Å²) in [6.07, 6.45) is -2.77. The summed E-state index contributed by atoms with van der Waals surface area (Å²) in [5.41, 5.74) is 8.83. The maximum Gasteiger partial charge on any atom is 0.389 e. The third-order valence-electron chi connectivity index (χ3n) is 3.27. The van der Waals surface area contributed by atoms with E-state index in [4.69, 9.17) is 5.73 Å². The summed E-state index contributed by atoms with van der Waals surface area (Å²) in [4.78, 5) is 0. The summed E-state index contributed by atoms with van der Waals surface area (Å²) in [7, 11) is 0. The molecule has 2 rings (SSSR count). The molecule has 5 heteroatoms. The normalized spacial score (nSPS) is 18.9. The largest absolute Gasteiger partial charge is 0.399 e. The lowest BCUT2D eigenvalue weighted by Crippen LogP contribution is -2.22. The van der Waals surface area contributed by atoms with Crippen molar-refractivity contribution < 1.29 is 13.2 Å². The van der Waals surface area contributed by atoms with E-state index >= 15 is 0 Å². The Morgan fingerprint density at radius 3 is 2.83 bits per heavy atom. The number of fused-ring (bicyclic) bond motifs is 1. The van der Waals surface area contributed by atoms with E-state index in [9.17, 15) is 13.2 Å². The molecule has 0 amide bonds. The van der Waals surface area contributed by atoms with Crippen LogP contribution in [0.4, 0.5) is 18.9 Å². The van der Waals surface area contributed by atoms with Crippen molar-refractivity contribution in [1.82, 2.24) is 5.32 Å². The lowest BCUT2D eigenvalue weighted by molar-refractivity contribution is -0.135. The van der Waals surface area contributed by atoms with Gasteiger partial charge in [0.1, 0.15) is 0 Å². The highest BCUT2D eigenvalue weighted by Gasteiger charge is 2.27. The van der Waals surface area contributed by atoms with Gasteiger partial charge in [-0.05, 0) is 49.1 Å². The van der Waals surface area contributed by atoms with Gasteiger partial charge in [-0.1, -0.05) is 6.07 Å². The molecular formula is C13H17F3N2. The molecule has 3 N–H and O–H groups in total. The van der Waals surface area contributed by atoms with Gasteiger partial charge in [-0.2, -0.15) is 13.2 Å². The van der Waals surface area contributed by atoms with Crippen molar-refractivity contribution in [1.29, 1.82) is 0 Å². The molecule has 0 spiro atoms. The molecule has 1 unspecified atom stereocenters. The first-order valence-electron chi connectivity index (χ1n) is 6.14. The molecule has 1 aromatic carbocycles. The Hall–Kier alpha value is -1.23. The van der Waals surface area contributed by atoms with Crippen molar-refractivity contribution in [3.05, 3.63) is 29.3 Å². The SMILES string of the molecule is Nc1ccc2c(c1)CCC2NCCCC(F)(F)F. The highest BCUT2D eigenvalue weighted by atomic mass is 19.4. The Kier molecular flexibility index (Phi) is 3.80.